The van der Waals surface area contributed by atoms with Crippen LogP contribution in [0.5, 0.6) is 11.5 Å². The molecule has 0 aliphatic heterocycles. The van der Waals surface area contributed by atoms with Gasteiger partial charge in [-0.15, -0.1) is 0 Å². The number of hydrogen-bond acceptors (Lipinski definition) is 9. The highest BCUT2D eigenvalue weighted by atomic mass is 16.5. The summed E-state index contributed by atoms with van der Waals surface area (Å²) >= 11 is 0. The van der Waals surface area contributed by atoms with Gasteiger partial charge in [0.05, 0.1) is 32.5 Å². The topological polar surface area (TPSA) is 135 Å². The number of rotatable bonds is 5. The van der Waals surface area contributed by atoms with Crippen LogP contribution in [0, 0.1) is 11.8 Å². The fourth-order valence-corrected chi connectivity index (χ4v) is 2.84. The van der Waals surface area contributed by atoms with Gasteiger partial charge in [0.15, 0.2) is 11.5 Å². The number of aromatic nitrogens is 3. The highest BCUT2D eigenvalue weighted by Crippen LogP contribution is 2.33. The number of carbonyl (C=O) groups excluding carboxylic acids is 1. The molecule has 9 nitrogen and oxygen atoms in total. The molecule has 0 amide bonds. The van der Waals surface area contributed by atoms with Crippen molar-refractivity contribution in [1.82, 2.24) is 15.0 Å². The summed E-state index contributed by atoms with van der Waals surface area (Å²) < 4.78 is 15.6. The average molecular weight is 419 g/mol. The zero-order chi connectivity index (χ0) is 22.4. The van der Waals surface area contributed by atoms with E-state index in [9.17, 15) is 4.79 Å². The average Bonchev–Trinajstić information content (AvgIpc) is 2.78. The number of carbonyl (C=O) groups is 1. The second kappa shape index (κ2) is 9.45. The highest BCUT2D eigenvalue weighted by Gasteiger charge is 2.13. The Labute approximate surface area is 179 Å². The molecular weight excluding hydrogens is 398 g/mol. The van der Waals surface area contributed by atoms with E-state index in [1.54, 1.807) is 25.4 Å². The van der Waals surface area contributed by atoms with Gasteiger partial charge >= 0.3 is 5.97 Å². The number of anilines is 2. The molecule has 0 saturated carbocycles. The molecule has 3 rings (SSSR count). The van der Waals surface area contributed by atoms with Gasteiger partial charge in [-0.1, -0.05) is 5.92 Å². The summed E-state index contributed by atoms with van der Waals surface area (Å²) in [6.07, 6.45) is 3.45. The van der Waals surface area contributed by atoms with E-state index in [1.165, 1.54) is 20.4 Å². The Kier molecular flexibility index (Phi) is 6.52. The molecule has 158 valence electrons. The number of nitrogens with two attached hydrogens (primary N) is 2. The van der Waals surface area contributed by atoms with Crippen LogP contribution in [-0.2, 0) is 11.2 Å². The molecule has 9 heteroatoms. The molecule has 0 atom stereocenters. The number of benzene rings is 1. The lowest BCUT2D eigenvalue weighted by Crippen LogP contribution is -2.04. The van der Waals surface area contributed by atoms with Crippen LogP contribution in [0.25, 0.3) is 0 Å². The van der Waals surface area contributed by atoms with E-state index in [2.05, 4.69) is 31.5 Å². The number of nitrogens with zero attached hydrogens (tertiary/aromatic N) is 3. The van der Waals surface area contributed by atoms with Gasteiger partial charge in [0.25, 0.3) is 0 Å². The monoisotopic (exact) mass is 419 g/mol. The first-order chi connectivity index (χ1) is 14.9. The summed E-state index contributed by atoms with van der Waals surface area (Å²) in [4.78, 5) is 23.7. The second-order valence-corrected chi connectivity index (χ2v) is 6.37. The van der Waals surface area contributed by atoms with E-state index in [-0.39, 0.29) is 5.95 Å². The first kappa shape index (κ1) is 21.4. The van der Waals surface area contributed by atoms with E-state index < -0.39 is 5.97 Å². The third-order valence-electron chi connectivity index (χ3n) is 4.36. The lowest BCUT2D eigenvalue weighted by molar-refractivity contribution is 0.0600. The molecule has 0 saturated heterocycles. The molecule has 0 aliphatic carbocycles. The smallest absolute Gasteiger partial charge is 0.339 e. The lowest BCUT2D eigenvalue weighted by Gasteiger charge is -2.13. The third-order valence-corrected chi connectivity index (χ3v) is 4.36. The fourth-order valence-electron chi connectivity index (χ4n) is 2.84. The third kappa shape index (κ3) is 5.00. The summed E-state index contributed by atoms with van der Waals surface area (Å²) in [6.45, 7) is 0. The Bertz CT molecular complexity index is 1170. The maximum Gasteiger partial charge on any atom is 0.339 e. The lowest BCUT2D eigenvalue weighted by atomic mass is 10.0. The maximum atomic E-state index is 11.5. The van der Waals surface area contributed by atoms with Gasteiger partial charge in [-0.25, -0.2) is 14.8 Å². The van der Waals surface area contributed by atoms with Gasteiger partial charge in [-0.3, -0.25) is 0 Å². The van der Waals surface area contributed by atoms with E-state index in [4.69, 9.17) is 20.9 Å². The predicted molar refractivity (Wildman–Crippen MR) is 115 cm³/mol. The van der Waals surface area contributed by atoms with E-state index in [0.717, 1.165) is 11.1 Å². The molecule has 0 unspecified atom stereocenters. The van der Waals surface area contributed by atoms with Gasteiger partial charge in [0.1, 0.15) is 11.5 Å². The first-order valence-corrected chi connectivity index (χ1v) is 9.13. The van der Waals surface area contributed by atoms with Crippen molar-refractivity contribution in [2.75, 3.05) is 32.8 Å². The number of esters is 1. The molecular formula is C22H21N5O4. The van der Waals surface area contributed by atoms with Crippen LogP contribution in [-0.4, -0.2) is 42.3 Å². The van der Waals surface area contributed by atoms with Crippen LogP contribution in [0.4, 0.5) is 11.8 Å². The Balaban J connectivity index is 1.96. The van der Waals surface area contributed by atoms with E-state index in [0.29, 0.717) is 40.6 Å². The van der Waals surface area contributed by atoms with Crippen LogP contribution in [0.1, 0.15) is 32.7 Å². The van der Waals surface area contributed by atoms with Gasteiger partial charge in [-0.2, -0.15) is 4.98 Å². The number of methoxy groups -OCH3 is 3. The molecule has 4 N–H and O–H groups in total. The number of ether oxygens (including phenoxy) is 3. The van der Waals surface area contributed by atoms with Crippen molar-refractivity contribution in [1.29, 1.82) is 0 Å². The normalized spacial score (nSPS) is 10.0. The molecule has 0 radical (unpaired) electrons. The summed E-state index contributed by atoms with van der Waals surface area (Å²) in [6, 6.07) is 6.94. The van der Waals surface area contributed by atoms with Crippen LogP contribution in [0.3, 0.4) is 0 Å². The van der Waals surface area contributed by atoms with Crippen molar-refractivity contribution in [3.8, 4) is 23.3 Å². The highest BCUT2D eigenvalue weighted by molar-refractivity contribution is 5.88. The van der Waals surface area contributed by atoms with E-state index >= 15 is 0 Å². The van der Waals surface area contributed by atoms with Crippen molar-refractivity contribution in [3.05, 3.63) is 64.6 Å². The number of hydrogen-bond donors (Lipinski definition) is 2. The van der Waals surface area contributed by atoms with Crippen LogP contribution >= 0.6 is 0 Å². The van der Waals surface area contributed by atoms with Crippen LogP contribution in [0.2, 0.25) is 0 Å². The maximum absolute atomic E-state index is 11.5. The van der Waals surface area contributed by atoms with Crippen LogP contribution in [0.15, 0.2) is 36.7 Å². The number of nitrogen functional groups attached to an aromatic ring is 2. The fraction of sp³-hybridized carbons (Fsp3) is 0.182. The largest absolute Gasteiger partial charge is 0.493 e. The summed E-state index contributed by atoms with van der Waals surface area (Å²) in [7, 11) is 4.40. The Hall–Kier alpha value is -4.32. The molecule has 0 bridgehead atoms. The van der Waals surface area contributed by atoms with E-state index in [1.807, 2.05) is 12.1 Å². The Morgan fingerprint density at radius 1 is 1.03 bits per heavy atom. The zero-order valence-electron chi connectivity index (χ0n) is 17.3. The first-order valence-electron chi connectivity index (χ1n) is 9.13. The molecule has 2 aromatic heterocycles. The molecule has 3 aromatic rings. The quantitative estimate of drug-likeness (QED) is 0.469. The predicted octanol–water partition coefficient (Wildman–Crippen LogP) is 1.83. The molecule has 2 heterocycles. The van der Waals surface area contributed by atoms with Gasteiger partial charge in [0, 0.05) is 24.4 Å². The molecule has 0 spiro atoms. The van der Waals surface area contributed by atoms with Crippen molar-refractivity contribution < 1.29 is 19.0 Å². The molecule has 0 aliphatic rings. The molecule has 0 fully saturated rings. The SMILES string of the molecule is COC(=O)c1ccc(C#Cc2cc(Cc3cnc(N)nc3N)cc(OC)c2OC)nc1. The van der Waals surface area contributed by atoms with Gasteiger partial charge in [-0.05, 0) is 35.7 Å². The minimum Gasteiger partial charge on any atom is -0.493 e. The molecule has 1 aromatic carbocycles. The summed E-state index contributed by atoms with van der Waals surface area (Å²) in [5.74, 6) is 7.00. The van der Waals surface area contributed by atoms with Gasteiger partial charge in [0.2, 0.25) is 5.95 Å². The van der Waals surface area contributed by atoms with Crippen molar-refractivity contribution in [2.45, 2.75) is 6.42 Å². The minimum atomic E-state index is -0.461. The number of pyridine rings is 1. The Morgan fingerprint density at radius 3 is 2.45 bits per heavy atom. The minimum absolute atomic E-state index is 0.117. The second-order valence-electron chi connectivity index (χ2n) is 6.37. The molecule has 31 heavy (non-hydrogen) atoms. The zero-order valence-corrected chi connectivity index (χ0v) is 17.3. The van der Waals surface area contributed by atoms with Crippen molar-refractivity contribution >= 4 is 17.7 Å². The Morgan fingerprint density at radius 2 is 1.84 bits per heavy atom. The van der Waals surface area contributed by atoms with Crippen molar-refractivity contribution in [2.24, 2.45) is 0 Å². The summed E-state index contributed by atoms with van der Waals surface area (Å²) in [5, 5.41) is 0. The summed E-state index contributed by atoms with van der Waals surface area (Å²) in [5.41, 5.74) is 14.5. The van der Waals surface area contributed by atoms with Crippen molar-refractivity contribution in [3.63, 3.8) is 0 Å². The standard InChI is InChI=1S/C22H21N5O4/c1-29-18-10-13(9-16-12-26-22(24)27-20(16)23)8-14(19(18)30-2)4-6-17-7-5-15(11-25-17)21(28)31-3/h5,7-8,10-12H,9H2,1-3H3,(H4,23,24,26,27). The van der Waals surface area contributed by atoms with Crippen LogP contribution < -0.4 is 20.9 Å². The van der Waals surface area contributed by atoms with Gasteiger partial charge < -0.3 is 25.7 Å².